The van der Waals surface area contributed by atoms with Crippen LogP contribution in [0.25, 0.3) is 0 Å². The lowest BCUT2D eigenvalue weighted by Crippen LogP contribution is -2.31. The number of pyridine rings is 1. The van der Waals surface area contributed by atoms with Gasteiger partial charge in [-0.2, -0.15) is 0 Å². The van der Waals surface area contributed by atoms with Crippen LogP contribution in [0.5, 0.6) is 0 Å². The van der Waals surface area contributed by atoms with Crippen molar-refractivity contribution < 1.29 is 18.8 Å². The van der Waals surface area contributed by atoms with Crippen molar-refractivity contribution >= 4 is 46.8 Å². The fourth-order valence-corrected chi connectivity index (χ4v) is 3.82. The van der Waals surface area contributed by atoms with E-state index in [1.54, 1.807) is 50.4 Å². The van der Waals surface area contributed by atoms with E-state index in [2.05, 4.69) is 15.5 Å². The molecular formula is C21H19Cl2N3O4S. The van der Waals surface area contributed by atoms with Crippen LogP contribution in [0.2, 0.25) is 10.0 Å². The number of nitrogens with one attached hydrogen (secondary N) is 1. The number of aryl methyl sites for hydroxylation is 1. The summed E-state index contributed by atoms with van der Waals surface area (Å²) >= 11 is 13.3. The maximum Gasteiger partial charge on any atom is 0.341 e. The predicted octanol–water partition coefficient (Wildman–Crippen LogP) is 5.01. The highest BCUT2D eigenvalue weighted by molar-refractivity contribution is 7.98. The molecule has 0 aliphatic rings. The van der Waals surface area contributed by atoms with Crippen LogP contribution < -0.4 is 5.32 Å². The molecule has 1 unspecified atom stereocenters. The molecule has 0 saturated carbocycles. The van der Waals surface area contributed by atoms with Gasteiger partial charge in [-0.15, -0.1) is 0 Å². The second-order valence-corrected chi connectivity index (χ2v) is 8.39. The van der Waals surface area contributed by atoms with Crippen molar-refractivity contribution in [3.8, 4) is 0 Å². The lowest BCUT2D eigenvalue weighted by atomic mass is 10.1. The number of ether oxygens (including phenoxy) is 1. The van der Waals surface area contributed by atoms with Crippen molar-refractivity contribution in [1.29, 1.82) is 0 Å². The van der Waals surface area contributed by atoms with Crippen LogP contribution in [0.4, 0.5) is 0 Å². The zero-order valence-corrected chi connectivity index (χ0v) is 19.1. The fraction of sp³-hybridized carbons (Fsp3) is 0.238. The molecule has 0 aliphatic carbocycles. The summed E-state index contributed by atoms with van der Waals surface area (Å²) in [6.45, 7) is 3.17. The monoisotopic (exact) mass is 479 g/mol. The van der Waals surface area contributed by atoms with Gasteiger partial charge in [0.25, 0.3) is 5.91 Å². The molecule has 31 heavy (non-hydrogen) atoms. The van der Waals surface area contributed by atoms with E-state index in [0.717, 1.165) is 11.3 Å². The van der Waals surface area contributed by atoms with Crippen molar-refractivity contribution in [2.24, 2.45) is 0 Å². The first kappa shape index (κ1) is 23.1. The van der Waals surface area contributed by atoms with Crippen molar-refractivity contribution in [3.63, 3.8) is 0 Å². The molecule has 1 aromatic carbocycles. The summed E-state index contributed by atoms with van der Waals surface area (Å²) in [5.41, 5.74) is 1.80. The first-order chi connectivity index (χ1) is 14.8. The normalized spacial score (nSPS) is 11.7. The highest BCUT2D eigenvalue weighted by atomic mass is 35.5. The first-order valence-electron chi connectivity index (χ1n) is 9.25. The number of hydrogen-bond donors (Lipinski definition) is 1. The second kappa shape index (κ2) is 10.7. The molecule has 0 spiro atoms. The van der Waals surface area contributed by atoms with Crippen LogP contribution >= 0.6 is 35.0 Å². The molecule has 1 amide bonds. The minimum absolute atomic E-state index is 0.276. The van der Waals surface area contributed by atoms with Crippen molar-refractivity contribution in [1.82, 2.24) is 15.5 Å². The van der Waals surface area contributed by atoms with E-state index in [9.17, 15) is 9.59 Å². The number of aromatic nitrogens is 2. The predicted molar refractivity (Wildman–Crippen MR) is 118 cm³/mol. The van der Waals surface area contributed by atoms with Crippen LogP contribution in [0, 0.1) is 6.92 Å². The number of carbonyl (C=O) groups is 2. The van der Waals surface area contributed by atoms with E-state index in [0.29, 0.717) is 26.6 Å². The molecular weight excluding hydrogens is 461 g/mol. The van der Waals surface area contributed by atoms with Crippen LogP contribution in [0.15, 0.2) is 52.1 Å². The van der Waals surface area contributed by atoms with E-state index in [1.807, 2.05) is 6.07 Å². The molecule has 0 fully saturated rings. The third-order valence-corrected chi connectivity index (χ3v) is 5.96. The summed E-state index contributed by atoms with van der Waals surface area (Å²) in [7, 11) is 0. The average molecular weight is 480 g/mol. The summed E-state index contributed by atoms with van der Waals surface area (Å²) < 4.78 is 10.2. The highest BCUT2D eigenvalue weighted by Crippen LogP contribution is 2.26. The third-order valence-electron chi connectivity index (χ3n) is 4.18. The number of hydrogen-bond acceptors (Lipinski definition) is 7. The standard InChI is InChI=1S/C21H19Cl2N3O4S/c1-12-8-15(26-30-12)11-31-20-16(4-3-7-24-20)21(28)29-10-19(27)25-13(2)14-5-6-17(22)18(23)9-14/h3-9,13H,10-11H2,1-2H3,(H,25,27). The molecule has 162 valence electrons. The summed E-state index contributed by atoms with van der Waals surface area (Å²) in [6.07, 6.45) is 1.58. The van der Waals surface area contributed by atoms with Gasteiger partial charge in [0.15, 0.2) is 6.61 Å². The summed E-state index contributed by atoms with van der Waals surface area (Å²) in [5, 5.41) is 7.99. The van der Waals surface area contributed by atoms with E-state index in [4.69, 9.17) is 32.5 Å². The molecule has 0 radical (unpaired) electrons. The highest BCUT2D eigenvalue weighted by Gasteiger charge is 2.18. The number of thioether (sulfide) groups is 1. The second-order valence-electron chi connectivity index (χ2n) is 6.61. The molecule has 0 bridgehead atoms. The Morgan fingerprint density at radius 2 is 2.03 bits per heavy atom. The van der Waals surface area contributed by atoms with Gasteiger partial charge in [0.2, 0.25) is 0 Å². The van der Waals surface area contributed by atoms with Gasteiger partial charge in [0.1, 0.15) is 10.8 Å². The Morgan fingerprint density at radius 3 is 2.74 bits per heavy atom. The van der Waals surface area contributed by atoms with E-state index < -0.39 is 18.5 Å². The zero-order valence-electron chi connectivity index (χ0n) is 16.7. The van der Waals surface area contributed by atoms with Crippen molar-refractivity contribution in [3.05, 3.63) is 75.2 Å². The lowest BCUT2D eigenvalue weighted by Gasteiger charge is -2.15. The van der Waals surface area contributed by atoms with Gasteiger partial charge in [0, 0.05) is 18.0 Å². The van der Waals surface area contributed by atoms with Crippen LogP contribution in [0.3, 0.4) is 0 Å². The Kier molecular flexibility index (Phi) is 7.95. The van der Waals surface area contributed by atoms with E-state index >= 15 is 0 Å². The first-order valence-corrected chi connectivity index (χ1v) is 11.0. The fourth-order valence-electron chi connectivity index (χ4n) is 2.65. The largest absolute Gasteiger partial charge is 0.452 e. The SMILES string of the molecule is Cc1cc(CSc2ncccc2C(=O)OCC(=O)NC(C)c2ccc(Cl)c(Cl)c2)no1. The molecule has 3 aromatic rings. The van der Waals surface area contributed by atoms with Crippen LogP contribution in [-0.2, 0) is 15.3 Å². The molecule has 0 aliphatic heterocycles. The Morgan fingerprint density at radius 1 is 1.23 bits per heavy atom. The molecule has 1 N–H and O–H groups in total. The Balaban J connectivity index is 1.55. The van der Waals surface area contributed by atoms with Gasteiger partial charge in [-0.1, -0.05) is 46.2 Å². The maximum atomic E-state index is 12.5. The molecule has 3 rings (SSSR count). The minimum atomic E-state index is -0.635. The number of rotatable bonds is 8. The Hall–Kier alpha value is -2.55. The summed E-state index contributed by atoms with van der Waals surface area (Å²) in [5.74, 6) is 0.112. The van der Waals surface area contributed by atoms with Crippen LogP contribution in [-0.4, -0.2) is 28.6 Å². The molecule has 1 atom stereocenters. The maximum absolute atomic E-state index is 12.5. The number of benzene rings is 1. The number of halogens is 2. The van der Waals surface area contributed by atoms with Crippen LogP contribution in [0.1, 0.15) is 40.3 Å². The summed E-state index contributed by atoms with van der Waals surface area (Å²) in [4.78, 5) is 29.0. The van der Waals surface area contributed by atoms with Gasteiger partial charge in [-0.3, -0.25) is 4.79 Å². The topological polar surface area (TPSA) is 94.3 Å². The van der Waals surface area contributed by atoms with Gasteiger partial charge in [0.05, 0.1) is 27.3 Å². The summed E-state index contributed by atoms with van der Waals surface area (Å²) in [6, 6.07) is 9.81. The van der Waals surface area contributed by atoms with Gasteiger partial charge < -0.3 is 14.6 Å². The van der Waals surface area contributed by atoms with Gasteiger partial charge >= 0.3 is 5.97 Å². The lowest BCUT2D eigenvalue weighted by molar-refractivity contribution is -0.124. The molecule has 2 aromatic heterocycles. The smallest absolute Gasteiger partial charge is 0.341 e. The molecule has 7 nitrogen and oxygen atoms in total. The number of amides is 1. The van der Waals surface area contributed by atoms with Crippen molar-refractivity contribution in [2.75, 3.05) is 6.61 Å². The molecule has 10 heteroatoms. The number of nitrogens with zero attached hydrogens (tertiary/aromatic N) is 2. The number of carbonyl (C=O) groups excluding carboxylic acids is 2. The van der Waals surface area contributed by atoms with E-state index in [-0.39, 0.29) is 11.6 Å². The molecule has 2 heterocycles. The average Bonchev–Trinajstić information content (AvgIpc) is 3.17. The molecule has 0 saturated heterocycles. The van der Waals surface area contributed by atoms with Crippen molar-refractivity contribution in [2.45, 2.75) is 30.7 Å². The Labute approximate surface area is 193 Å². The van der Waals surface area contributed by atoms with Gasteiger partial charge in [-0.25, -0.2) is 9.78 Å². The minimum Gasteiger partial charge on any atom is -0.452 e. The van der Waals surface area contributed by atoms with E-state index in [1.165, 1.54) is 11.8 Å². The Bertz CT molecular complexity index is 1090. The zero-order chi connectivity index (χ0) is 22.4. The quantitative estimate of drug-likeness (QED) is 0.358. The van der Waals surface area contributed by atoms with Gasteiger partial charge in [-0.05, 0) is 43.7 Å². The number of esters is 1. The third kappa shape index (κ3) is 6.46.